The predicted octanol–water partition coefficient (Wildman–Crippen LogP) is 4.16. The lowest BCUT2D eigenvalue weighted by Crippen LogP contribution is -2.32. The van der Waals surface area contributed by atoms with Crippen LogP contribution in [0.25, 0.3) is 11.4 Å². The Bertz CT molecular complexity index is 839. The molecule has 1 aromatic carbocycles. The molecule has 130 valence electrons. The van der Waals surface area contributed by atoms with Crippen LogP contribution in [0.15, 0.2) is 51.6 Å². The Morgan fingerprint density at radius 2 is 2.12 bits per heavy atom. The zero-order chi connectivity index (χ0) is 17.8. The Labute approximate surface area is 146 Å². The summed E-state index contributed by atoms with van der Waals surface area (Å²) in [4.78, 5) is 16.8. The van der Waals surface area contributed by atoms with Gasteiger partial charge in [0, 0.05) is 5.56 Å². The number of nitrogens with zero attached hydrogens (tertiary/aromatic N) is 2. The molecule has 0 aliphatic heterocycles. The van der Waals surface area contributed by atoms with E-state index in [1.54, 1.807) is 12.1 Å². The van der Waals surface area contributed by atoms with E-state index in [4.69, 9.17) is 8.94 Å². The summed E-state index contributed by atoms with van der Waals surface area (Å²) >= 11 is 0. The van der Waals surface area contributed by atoms with Crippen molar-refractivity contribution in [1.29, 1.82) is 0 Å². The molecular weight excluding hydrogens is 318 g/mol. The minimum atomic E-state index is -0.381. The number of carbonyl (C=O) groups excluding carboxylic acids is 1. The standard InChI is InChI=1S/C19H21N3O3/c1-4-13(3)16(20-18(23)15-9-6-10-24-15)19-21-17(22-25-19)14-8-5-7-12(2)11-14/h5-11,13,16H,4H2,1-3H3,(H,20,23)/t13-,16+/m1/s1. The van der Waals surface area contributed by atoms with Crippen LogP contribution in [0, 0.1) is 12.8 Å². The number of amides is 1. The molecule has 0 saturated heterocycles. The number of hydrogen-bond acceptors (Lipinski definition) is 5. The van der Waals surface area contributed by atoms with Crippen molar-refractivity contribution in [1.82, 2.24) is 15.5 Å². The molecule has 0 aliphatic carbocycles. The van der Waals surface area contributed by atoms with Crippen LogP contribution in [0.2, 0.25) is 0 Å². The van der Waals surface area contributed by atoms with E-state index in [9.17, 15) is 4.79 Å². The van der Waals surface area contributed by atoms with E-state index in [0.717, 1.165) is 17.5 Å². The molecule has 2 atom stereocenters. The molecule has 0 spiro atoms. The summed E-state index contributed by atoms with van der Waals surface area (Å²) < 4.78 is 10.6. The van der Waals surface area contributed by atoms with Gasteiger partial charge in [0.1, 0.15) is 6.04 Å². The number of hydrogen-bond donors (Lipinski definition) is 1. The van der Waals surface area contributed by atoms with Crippen LogP contribution < -0.4 is 5.32 Å². The third-order valence-corrected chi connectivity index (χ3v) is 4.23. The molecule has 0 saturated carbocycles. The fourth-order valence-electron chi connectivity index (χ4n) is 2.57. The van der Waals surface area contributed by atoms with Gasteiger partial charge in [-0.05, 0) is 31.0 Å². The minimum absolute atomic E-state index is 0.129. The number of rotatable bonds is 6. The average molecular weight is 339 g/mol. The summed E-state index contributed by atoms with van der Waals surface area (Å²) in [5.74, 6) is 0.993. The van der Waals surface area contributed by atoms with Gasteiger partial charge < -0.3 is 14.3 Å². The molecule has 3 rings (SSSR count). The number of nitrogens with one attached hydrogen (secondary N) is 1. The molecule has 6 heteroatoms. The van der Waals surface area contributed by atoms with Crippen LogP contribution in [-0.4, -0.2) is 16.0 Å². The maximum absolute atomic E-state index is 12.3. The van der Waals surface area contributed by atoms with Gasteiger partial charge in [-0.3, -0.25) is 4.79 Å². The van der Waals surface area contributed by atoms with Gasteiger partial charge >= 0.3 is 0 Å². The Hall–Kier alpha value is -2.89. The summed E-state index contributed by atoms with van der Waals surface area (Å²) in [6.07, 6.45) is 2.32. The summed E-state index contributed by atoms with van der Waals surface area (Å²) in [5, 5.41) is 7.01. The molecule has 0 aliphatic rings. The topological polar surface area (TPSA) is 81.2 Å². The van der Waals surface area contributed by atoms with Gasteiger partial charge in [-0.25, -0.2) is 0 Å². The summed E-state index contributed by atoms with van der Waals surface area (Å²) in [5.41, 5.74) is 2.00. The second kappa shape index (κ2) is 7.34. The molecule has 0 fully saturated rings. The maximum Gasteiger partial charge on any atom is 0.287 e. The highest BCUT2D eigenvalue weighted by Crippen LogP contribution is 2.26. The number of aryl methyl sites for hydroxylation is 1. The van der Waals surface area contributed by atoms with Crippen molar-refractivity contribution in [3.05, 3.63) is 59.9 Å². The van der Waals surface area contributed by atoms with Gasteiger partial charge in [-0.15, -0.1) is 0 Å². The maximum atomic E-state index is 12.3. The van der Waals surface area contributed by atoms with Crippen LogP contribution in [0.1, 0.15) is 48.3 Å². The van der Waals surface area contributed by atoms with E-state index < -0.39 is 0 Å². The van der Waals surface area contributed by atoms with Crippen molar-refractivity contribution >= 4 is 5.91 Å². The van der Waals surface area contributed by atoms with E-state index in [-0.39, 0.29) is 23.6 Å². The molecule has 2 heterocycles. The van der Waals surface area contributed by atoms with E-state index in [0.29, 0.717) is 11.7 Å². The Kier molecular flexibility index (Phi) is 4.97. The van der Waals surface area contributed by atoms with E-state index in [1.807, 2.05) is 38.1 Å². The van der Waals surface area contributed by atoms with Crippen LogP contribution in [0.3, 0.4) is 0 Å². The van der Waals surface area contributed by atoms with E-state index in [2.05, 4.69) is 22.4 Å². The lowest BCUT2D eigenvalue weighted by atomic mass is 9.99. The fraction of sp³-hybridized carbons (Fsp3) is 0.316. The molecule has 6 nitrogen and oxygen atoms in total. The van der Waals surface area contributed by atoms with Crippen molar-refractivity contribution < 1.29 is 13.7 Å². The van der Waals surface area contributed by atoms with Crippen LogP contribution in [0.4, 0.5) is 0 Å². The zero-order valence-corrected chi connectivity index (χ0v) is 14.5. The molecule has 0 unspecified atom stereocenters. The van der Waals surface area contributed by atoms with Gasteiger partial charge in [0.05, 0.1) is 6.26 Å². The molecule has 25 heavy (non-hydrogen) atoms. The highest BCUT2D eigenvalue weighted by atomic mass is 16.5. The Morgan fingerprint density at radius 3 is 2.80 bits per heavy atom. The molecule has 2 aromatic heterocycles. The summed E-state index contributed by atoms with van der Waals surface area (Å²) in [6.45, 7) is 6.09. The summed E-state index contributed by atoms with van der Waals surface area (Å²) in [6, 6.07) is 10.8. The molecule has 1 N–H and O–H groups in total. The third-order valence-electron chi connectivity index (χ3n) is 4.23. The van der Waals surface area contributed by atoms with Gasteiger partial charge in [0.15, 0.2) is 5.76 Å². The monoisotopic (exact) mass is 339 g/mol. The minimum Gasteiger partial charge on any atom is -0.459 e. The van der Waals surface area contributed by atoms with Gasteiger partial charge in [0.25, 0.3) is 5.91 Å². The van der Waals surface area contributed by atoms with Crippen LogP contribution >= 0.6 is 0 Å². The largest absolute Gasteiger partial charge is 0.459 e. The third kappa shape index (κ3) is 3.79. The lowest BCUT2D eigenvalue weighted by Gasteiger charge is -2.20. The quantitative estimate of drug-likeness (QED) is 0.729. The first-order valence-corrected chi connectivity index (χ1v) is 8.33. The molecule has 0 bridgehead atoms. The normalized spacial score (nSPS) is 13.4. The first-order valence-electron chi connectivity index (χ1n) is 8.33. The Morgan fingerprint density at radius 1 is 1.28 bits per heavy atom. The molecular formula is C19H21N3O3. The lowest BCUT2D eigenvalue weighted by molar-refractivity contribution is 0.0882. The van der Waals surface area contributed by atoms with Crippen LogP contribution in [-0.2, 0) is 0 Å². The number of carbonyl (C=O) groups is 1. The first kappa shape index (κ1) is 17.0. The predicted molar refractivity (Wildman–Crippen MR) is 92.8 cm³/mol. The van der Waals surface area contributed by atoms with Crippen molar-refractivity contribution in [2.24, 2.45) is 5.92 Å². The van der Waals surface area contributed by atoms with E-state index >= 15 is 0 Å². The molecule has 1 amide bonds. The van der Waals surface area contributed by atoms with Gasteiger partial charge in [-0.1, -0.05) is 49.2 Å². The Balaban J connectivity index is 1.85. The second-order valence-electron chi connectivity index (χ2n) is 6.14. The SMILES string of the molecule is CC[C@@H](C)[C@H](NC(=O)c1ccco1)c1nc(-c2cccc(C)c2)no1. The van der Waals surface area contributed by atoms with Crippen LogP contribution in [0.5, 0.6) is 0 Å². The smallest absolute Gasteiger partial charge is 0.287 e. The summed E-state index contributed by atoms with van der Waals surface area (Å²) in [7, 11) is 0. The number of benzene rings is 1. The highest BCUT2D eigenvalue weighted by Gasteiger charge is 2.27. The molecule has 0 radical (unpaired) electrons. The zero-order valence-electron chi connectivity index (χ0n) is 14.5. The van der Waals surface area contributed by atoms with Crippen molar-refractivity contribution in [2.75, 3.05) is 0 Å². The first-order chi connectivity index (χ1) is 12.1. The second-order valence-corrected chi connectivity index (χ2v) is 6.14. The van der Waals surface area contributed by atoms with Crippen molar-refractivity contribution in [3.8, 4) is 11.4 Å². The van der Waals surface area contributed by atoms with Crippen molar-refractivity contribution in [2.45, 2.75) is 33.2 Å². The fourth-order valence-corrected chi connectivity index (χ4v) is 2.57. The molecule has 3 aromatic rings. The van der Waals surface area contributed by atoms with Gasteiger partial charge in [-0.2, -0.15) is 4.98 Å². The van der Waals surface area contributed by atoms with Gasteiger partial charge in [0.2, 0.25) is 11.7 Å². The highest BCUT2D eigenvalue weighted by molar-refractivity contribution is 5.91. The number of furan rings is 1. The van der Waals surface area contributed by atoms with Crippen molar-refractivity contribution in [3.63, 3.8) is 0 Å². The average Bonchev–Trinajstić information content (AvgIpc) is 3.30. The van der Waals surface area contributed by atoms with E-state index in [1.165, 1.54) is 6.26 Å². The number of aromatic nitrogens is 2.